The van der Waals surface area contributed by atoms with E-state index in [0.717, 1.165) is 11.1 Å². The van der Waals surface area contributed by atoms with E-state index in [1.807, 2.05) is 66.7 Å². The highest BCUT2D eigenvalue weighted by Crippen LogP contribution is 2.40. The van der Waals surface area contributed by atoms with Crippen molar-refractivity contribution in [2.24, 2.45) is 5.92 Å². The van der Waals surface area contributed by atoms with Crippen LogP contribution in [0, 0.1) is 5.92 Å². The van der Waals surface area contributed by atoms with Gasteiger partial charge in [0.2, 0.25) is 0 Å². The van der Waals surface area contributed by atoms with E-state index in [-0.39, 0.29) is 11.7 Å². The maximum absolute atomic E-state index is 12.1. The van der Waals surface area contributed by atoms with E-state index >= 15 is 0 Å². The minimum Gasteiger partial charge on any atom is -0.388 e. The lowest BCUT2D eigenvalue weighted by atomic mass is 9.82. The smallest absolute Gasteiger partial charge is 0.162 e. The van der Waals surface area contributed by atoms with Gasteiger partial charge in [0.1, 0.15) is 0 Å². The van der Waals surface area contributed by atoms with Gasteiger partial charge in [0.05, 0.1) is 12.0 Å². The summed E-state index contributed by atoms with van der Waals surface area (Å²) in [5.41, 5.74) is 1.85. The van der Waals surface area contributed by atoms with E-state index in [1.165, 1.54) is 0 Å². The van der Waals surface area contributed by atoms with Crippen LogP contribution in [0.1, 0.15) is 23.1 Å². The number of ketones is 1. The first-order valence-electron chi connectivity index (χ1n) is 6.77. The molecule has 3 rings (SSSR count). The molecule has 1 aliphatic rings. The molecule has 0 aromatic heterocycles. The standard InChI is InChI=1S/C18H16O2/c19-16-12-11-15(13-7-3-1-4-8-13)17(16)18(20)14-9-5-2-6-10-14/h1-12,15,17-18,20H/t15-,17-,18+/m1/s1. The van der Waals surface area contributed by atoms with Crippen LogP contribution < -0.4 is 0 Å². The molecule has 0 bridgehead atoms. The summed E-state index contributed by atoms with van der Waals surface area (Å²) in [5.74, 6) is -0.492. The third-order valence-corrected chi connectivity index (χ3v) is 3.85. The van der Waals surface area contributed by atoms with Crippen molar-refractivity contribution in [3.63, 3.8) is 0 Å². The number of allylic oxidation sites excluding steroid dienone is 2. The molecule has 0 radical (unpaired) electrons. The van der Waals surface area contributed by atoms with Crippen LogP contribution in [0.2, 0.25) is 0 Å². The Morgan fingerprint density at radius 2 is 1.50 bits per heavy atom. The summed E-state index contributed by atoms with van der Waals surface area (Å²) in [6.45, 7) is 0. The number of rotatable bonds is 3. The average Bonchev–Trinajstić information content (AvgIpc) is 2.90. The molecule has 0 saturated carbocycles. The number of benzene rings is 2. The van der Waals surface area contributed by atoms with Crippen LogP contribution in [0.3, 0.4) is 0 Å². The SMILES string of the molecule is O=C1C=C[C@H](c2ccccc2)[C@H]1[C@@H](O)c1ccccc1. The van der Waals surface area contributed by atoms with E-state index in [2.05, 4.69) is 0 Å². The van der Waals surface area contributed by atoms with Crippen LogP contribution in [-0.4, -0.2) is 10.9 Å². The van der Waals surface area contributed by atoms with Crippen molar-refractivity contribution < 1.29 is 9.90 Å². The average molecular weight is 264 g/mol. The number of hydrogen-bond donors (Lipinski definition) is 1. The zero-order valence-corrected chi connectivity index (χ0v) is 11.0. The molecular formula is C18H16O2. The molecule has 2 aromatic carbocycles. The Balaban J connectivity index is 1.93. The zero-order chi connectivity index (χ0) is 13.9. The second kappa shape index (κ2) is 5.43. The molecule has 0 spiro atoms. The lowest BCUT2D eigenvalue weighted by Crippen LogP contribution is -2.22. The number of aliphatic hydroxyl groups excluding tert-OH is 1. The van der Waals surface area contributed by atoms with Gasteiger partial charge in [-0.2, -0.15) is 0 Å². The molecule has 100 valence electrons. The minimum absolute atomic E-state index is 0.00444. The van der Waals surface area contributed by atoms with Gasteiger partial charge in [0.15, 0.2) is 5.78 Å². The second-order valence-electron chi connectivity index (χ2n) is 5.08. The van der Waals surface area contributed by atoms with Crippen LogP contribution >= 0.6 is 0 Å². The van der Waals surface area contributed by atoms with Crippen LogP contribution in [-0.2, 0) is 4.79 Å². The molecule has 0 unspecified atom stereocenters. The molecule has 0 amide bonds. The van der Waals surface area contributed by atoms with Crippen molar-refractivity contribution in [3.05, 3.63) is 83.9 Å². The van der Waals surface area contributed by atoms with Gasteiger partial charge < -0.3 is 5.11 Å². The molecule has 2 heteroatoms. The van der Waals surface area contributed by atoms with E-state index in [9.17, 15) is 9.90 Å². The molecule has 1 aliphatic carbocycles. The van der Waals surface area contributed by atoms with Gasteiger partial charge in [-0.3, -0.25) is 4.79 Å². The highest BCUT2D eigenvalue weighted by atomic mass is 16.3. The van der Waals surface area contributed by atoms with E-state index in [0.29, 0.717) is 0 Å². The highest BCUT2D eigenvalue weighted by molar-refractivity contribution is 5.96. The first-order valence-corrected chi connectivity index (χ1v) is 6.77. The summed E-state index contributed by atoms with van der Waals surface area (Å²) in [4.78, 5) is 12.1. The Kier molecular flexibility index (Phi) is 3.48. The van der Waals surface area contributed by atoms with Crippen molar-refractivity contribution in [3.8, 4) is 0 Å². The fourth-order valence-corrected chi connectivity index (χ4v) is 2.81. The van der Waals surface area contributed by atoms with Gasteiger partial charge in [-0.25, -0.2) is 0 Å². The van der Waals surface area contributed by atoms with Crippen molar-refractivity contribution in [2.75, 3.05) is 0 Å². The molecule has 0 aliphatic heterocycles. The van der Waals surface area contributed by atoms with E-state index < -0.39 is 12.0 Å². The van der Waals surface area contributed by atoms with Crippen molar-refractivity contribution >= 4 is 5.78 Å². The summed E-state index contributed by atoms with van der Waals surface area (Å²) in [6.07, 6.45) is 2.71. The minimum atomic E-state index is -0.774. The van der Waals surface area contributed by atoms with Gasteiger partial charge in [-0.15, -0.1) is 0 Å². The number of carbonyl (C=O) groups is 1. The van der Waals surface area contributed by atoms with Crippen LogP contribution in [0.15, 0.2) is 72.8 Å². The Morgan fingerprint density at radius 1 is 0.900 bits per heavy atom. The summed E-state index contributed by atoms with van der Waals surface area (Å²) in [6, 6.07) is 19.2. The Labute approximate surface area is 118 Å². The molecule has 2 aromatic rings. The Bertz CT molecular complexity index is 616. The largest absolute Gasteiger partial charge is 0.388 e. The Morgan fingerprint density at radius 3 is 2.15 bits per heavy atom. The molecule has 0 heterocycles. The summed E-state index contributed by atoms with van der Waals surface area (Å²) in [7, 11) is 0. The van der Waals surface area contributed by atoms with Crippen LogP contribution in [0.25, 0.3) is 0 Å². The van der Waals surface area contributed by atoms with Gasteiger partial charge in [-0.05, 0) is 17.2 Å². The van der Waals surface area contributed by atoms with Crippen molar-refractivity contribution in [1.82, 2.24) is 0 Å². The highest BCUT2D eigenvalue weighted by Gasteiger charge is 2.37. The summed E-state index contributed by atoms with van der Waals surface area (Å²) >= 11 is 0. The number of hydrogen-bond acceptors (Lipinski definition) is 2. The fourth-order valence-electron chi connectivity index (χ4n) is 2.81. The molecular weight excluding hydrogens is 248 g/mol. The van der Waals surface area contributed by atoms with Crippen molar-refractivity contribution in [1.29, 1.82) is 0 Å². The van der Waals surface area contributed by atoms with E-state index in [4.69, 9.17) is 0 Å². The predicted octanol–water partition coefficient (Wildman–Crippen LogP) is 3.26. The third kappa shape index (κ3) is 2.30. The molecule has 3 atom stereocenters. The summed E-state index contributed by atoms with van der Waals surface area (Å²) < 4.78 is 0. The molecule has 2 nitrogen and oxygen atoms in total. The topological polar surface area (TPSA) is 37.3 Å². The summed E-state index contributed by atoms with van der Waals surface area (Å²) in [5, 5.41) is 10.6. The molecule has 1 N–H and O–H groups in total. The van der Waals surface area contributed by atoms with Gasteiger partial charge >= 0.3 is 0 Å². The van der Waals surface area contributed by atoms with Gasteiger partial charge in [-0.1, -0.05) is 66.7 Å². The monoisotopic (exact) mass is 264 g/mol. The quantitative estimate of drug-likeness (QED) is 0.924. The normalized spacial score (nSPS) is 22.9. The number of carbonyl (C=O) groups excluding carboxylic acids is 1. The maximum Gasteiger partial charge on any atom is 0.162 e. The molecule has 20 heavy (non-hydrogen) atoms. The van der Waals surface area contributed by atoms with Gasteiger partial charge in [0.25, 0.3) is 0 Å². The predicted molar refractivity (Wildman–Crippen MR) is 78.2 cm³/mol. The van der Waals surface area contributed by atoms with Crippen molar-refractivity contribution in [2.45, 2.75) is 12.0 Å². The van der Waals surface area contributed by atoms with Crippen LogP contribution in [0.4, 0.5) is 0 Å². The van der Waals surface area contributed by atoms with E-state index in [1.54, 1.807) is 6.08 Å². The third-order valence-electron chi connectivity index (χ3n) is 3.85. The van der Waals surface area contributed by atoms with Crippen LogP contribution in [0.5, 0.6) is 0 Å². The Hall–Kier alpha value is -2.19. The first kappa shape index (κ1) is 12.8. The van der Waals surface area contributed by atoms with Gasteiger partial charge in [0, 0.05) is 5.92 Å². The lowest BCUT2D eigenvalue weighted by molar-refractivity contribution is -0.121. The molecule has 0 saturated heterocycles. The lowest BCUT2D eigenvalue weighted by Gasteiger charge is -2.24. The fraction of sp³-hybridized carbons (Fsp3) is 0.167. The first-order chi connectivity index (χ1) is 9.77. The second-order valence-corrected chi connectivity index (χ2v) is 5.08. The zero-order valence-electron chi connectivity index (χ0n) is 11.0. The number of aliphatic hydroxyl groups is 1. The maximum atomic E-state index is 12.1. The molecule has 0 fully saturated rings.